The maximum Gasteiger partial charge on any atom is 0.264 e. The molecular formula is C12H11BrClN3O2S. The summed E-state index contributed by atoms with van der Waals surface area (Å²) >= 11 is 9.00. The molecule has 0 saturated carbocycles. The molecule has 0 aliphatic rings. The van der Waals surface area contributed by atoms with Gasteiger partial charge in [0.2, 0.25) is 0 Å². The number of benzene rings is 1. The number of anilines is 2. The standard InChI is InChI=1S/C12H11BrClN3O2S/c1-7-3-2-4-11(16-7)17-20(18,19)10-6-8(14)5-9(15)12(10)13/h2-6H,15H2,1H3,(H,16,17). The van der Waals surface area contributed by atoms with Gasteiger partial charge in [0.1, 0.15) is 10.7 Å². The smallest absolute Gasteiger partial charge is 0.264 e. The van der Waals surface area contributed by atoms with Gasteiger partial charge in [0.15, 0.2) is 0 Å². The number of nitrogens with one attached hydrogen (secondary N) is 1. The lowest BCUT2D eigenvalue weighted by molar-refractivity contribution is 0.600. The van der Waals surface area contributed by atoms with Crippen molar-refractivity contribution < 1.29 is 8.42 Å². The van der Waals surface area contributed by atoms with Crippen LogP contribution in [-0.2, 0) is 10.0 Å². The Balaban J connectivity index is 2.46. The van der Waals surface area contributed by atoms with Gasteiger partial charge in [0.05, 0.1) is 4.47 Å². The molecule has 1 heterocycles. The first kappa shape index (κ1) is 15.1. The van der Waals surface area contributed by atoms with E-state index in [-0.39, 0.29) is 25.9 Å². The number of nitrogens with zero attached hydrogens (tertiary/aromatic N) is 1. The van der Waals surface area contributed by atoms with Crippen molar-refractivity contribution >= 4 is 49.1 Å². The van der Waals surface area contributed by atoms with Crippen molar-refractivity contribution in [3.63, 3.8) is 0 Å². The van der Waals surface area contributed by atoms with Gasteiger partial charge in [-0.15, -0.1) is 0 Å². The van der Waals surface area contributed by atoms with E-state index in [0.29, 0.717) is 5.69 Å². The molecular weight excluding hydrogens is 366 g/mol. The molecule has 3 N–H and O–H groups in total. The zero-order valence-electron chi connectivity index (χ0n) is 10.4. The van der Waals surface area contributed by atoms with Crippen LogP contribution in [-0.4, -0.2) is 13.4 Å². The molecule has 5 nitrogen and oxygen atoms in total. The Morgan fingerprint density at radius 3 is 2.70 bits per heavy atom. The fraction of sp³-hybridized carbons (Fsp3) is 0.0833. The number of pyridine rings is 1. The Bertz CT molecular complexity index is 765. The highest BCUT2D eigenvalue weighted by Gasteiger charge is 2.20. The molecule has 0 fully saturated rings. The highest BCUT2D eigenvalue weighted by Crippen LogP contribution is 2.32. The summed E-state index contributed by atoms with van der Waals surface area (Å²) in [5.41, 5.74) is 6.65. The summed E-state index contributed by atoms with van der Waals surface area (Å²) < 4.78 is 27.3. The molecule has 0 aliphatic heterocycles. The average molecular weight is 377 g/mol. The molecule has 0 radical (unpaired) electrons. The number of nitrogens with two attached hydrogens (primary N) is 1. The van der Waals surface area contributed by atoms with Crippen molar-refractivity contribution in [1.82, 2.24) is 4.98 Å². The fourth-order valence-corrected chi connectivity index (χ4v) is 3.87. The first-order valence-corrected chi connectivity index (χ1v) is 8.16. The van der Waals surface area contributed by atoms with E-state index in [1.165, 1.54) is 12.1 Å². The Kier molecular flexibility index (Phi) is 4.22. The summed E-state index contributed by atoms with van der Waals surface area (Å²) in [7, 11) is -3.83. The van der Waals surface area contributed by atoms with Crippen LogP contribution >= 0.6 is 27.5 Å². The monoisotopic (exact) mass is 375 g/mol. The normalized spacial score (nSPS) is 11.3. The Labute approximate surface area is 130 Å². The van der Waals surface area contributed by atoms with E-state index in [9.17, 15) is 8.42 Å². The lowest BCUT2D eigenvalue weighted by Gasteiger charge is -2.11. The number of hydrogen-bond donors (Lipinski definition) is 2. The molecule has 8 heteroatoms. The third-order valence-corrected chi connectivity index (χ3v) is 5.19. The van der Waals surface area contributed by atoms with Gasteiger partial charge in [0.25, 0.3) is 10.0 Å². The highest BCUT2D eigenvalue weighted by molar-refractivity contribution is 9.10. The van der Waals surface area contributed by atoms with Gasteiger partial charge in [-0.05, 0) is 47.1 Å². The third kappa shape index (κ3) is 3.23. The summed E-state index contributed by atoms with van der Waals surface area (Å²) in [4.78, 5) is 4.05. The predicted octanol–water partition coefficient (Wildman–Crippen LogP) is 3.19. The Hall–Kier alpha value is -1.31. The van der Waals surface area contributed by atoms with E-state index >= 15 is 0 Å². The molecule has 0 amide bonds. The minimum atomic E-state index is -3.83. The summed E-state index contributed by atoms with van der Waals surface area (Å²) in [5.74, 6) is 0.232. The van der Waals surface area contributed by atoms with Crippen LogP contribution in [0.15, 0.2) is 39.7 Å². The first-order chi connectivity index (χ1) is 9.29. The van der Waals surface area contributed by atoms with Gasteiger partial charge < -0.3 is 5.73 Å². The van der Waals surface area contributed by atoms with Crippen LogP contribution in [0.2, 0.25) is 5.02 Å². The van der Waals surface area contributed by atoms with Crippen LogP contribution in [0.1, 0.15) is 5.69 Å². The molecule has 106 valence electrons. The number of hydrogen-bond acceptors (Lipinski definition) is 4. The van der Waals surface area contributed by atoms with Crippen LogP contribution in [0, 0.1) is 6.92 Å². The average Bonchev–Trinajstić information content (AvgIpc) is 2.33. The van der Waals surface area contributed by atoms with Crippen LogP contribution in [0.5, 0.6) is 0 Å². The number of halogens is 2. The number of aryl methyl sites for hydroxylation is 1. The van der Waals surface area contributed by atoms with E-state index < -0.39 is 10.0 Å². The molecule has 0 spiro atoms. The molecule has 2 aromatic rings. The van der Waals surface area contributed by atoms with Crippen molar-refractivity contribution in [2.24, 2.45) is 0 Å². The second-order valence-corrected chi connectivity index (χ2v) is 6.96. The maximum absolute atomic E-state index is 12.3. The van der Waals surface area contributed by atoms with Gasteiger partial charge in [0, 0.05) is 16.4 Å². The summed E-state index contributed by atoms with van der Waals surface area (Å²) in [6, 6.07) is 7.83. The van der Waals surface area contributed by atoms with E-state index in [1.807, 2.05) is 0 Å². The molecule has 0 saturated heterocycles. The second-order valence-electron chi connectivity index (χ2n) is 4.08. The van der Waals surface area contributed by atoms with Crippen LogP contribution in [0.3, 0.4) is 0 Å². The van der Waals surface area contributed by atoms with Crippen molar-refractivity contribution in [1.29, 1.82) is 0 Å². The van der Waals surface area contributed by atoms with Crippen molar-refractivity contribution in [2.45, 2.75) is 11.8 Å². The van der Waals surface area contributed by atoms with E-state index in [4.69, 9.17) is 17.3 Å². The molecule has 0 aliphatic carbocycles. The predicted molar refractivity (Wildman–Crippen MR) is 83.3 cm³/mol. The third-order valence-electron chi connectivity index (χ3n) is 2.45. The molecule has 20 heavy (non-hydrogen) atoms. The molecule has 0 bridgehead atoms. The highest BCUT2D eigenvalue weighted by atomic mass is 79.9. The number of nitrogen functional groups attached to an aromatic ring is 1. The van der Waals surface area contributed by atoms with E-state index in [1.54, 1.807) is 25.1 Å². The van der Waals surface area contributed by atoms with Crippen molar-refractivity contribution in [3.8, 4) is 0 Å². The number of aromatic nitrogens is 1. The zero-order chi connectivity index (χ0) is 14.9. The summed E-state index contributed by atoms with van der Waals surface area (Å²) in [5, 5.41) is 0.239. The number of sulfonamides is 1. The SMILES string of the molecule is Cc1cccc(NS(=O)(=O)c2cc(Cl)cc(N)c2Br)n1. The second kappa shape index (κ2) is 5.59. The molecule has 1 aromatic carbocycles. The Morgan fingerprint density at radius 2 is 2.05 bits per heavy atom. The summed E-state index contributed by atoms with van der Waals surface area (Å²) in [6.45, 7) is 1.77. The molecule has 2 rings (SSSR count). The van der Waals surface area contributed by atoms with Gasteiger partial charge in [-0.1, -0.05) is 17.7 Å². The maximum atomic E-state index is 12.3. The largest absolute Gasteiger partial charge is 0.398 e. The van der Waals surface area contributed by atoms with Crippen LogP contribution < -0.4 is 10.5 Å². The van der Waals surface area contributed by atoms with E-state index in [2.05, 4.69) is 25.6 Å². The minimum Gasteiger partial charge on any atom is -0.398 e. The lowest BCUT2D eigenvalue weighted by atomic mass is 10.3. The van der Waals surface area contributed by atoms with Gasteiger partial charge >= 0.3 is 0 Å². The Morgan fingerprint density at radius 1 is 1.35 bits per heavy atom. The molecule has 0 unspecified atom stereocenters. The van der Waals surface area contributed by atoms with Crippen molar-refractivity contribution in [2.75, 3.05) is 10.5 Å². The first-order valence-electron chi connectivity index (χ1n) is 5.50. The molecule has 0 atom stereocenters. The quantitative estimate of drug-likeness (QED) is 0.806. The van der Waals surface area contributed by atoms with Crippen molar-refractivity contribution in [3.05, 3.63) is 45.5 Å². The minimum absolute atomic E-state index is 0.0363. The topological polar surface area (TPSA) is 85.1 Å². The van der Waals surface area contributed by atoms with Gasteiger partial charge in [-0.3, -0.25) is 4.72 Å². The van der Waals surface area contributed by atoms with Crippen LogP contribution in [0.25, 0.3) is 0 Å². The van der Waals surface area contributed by atoms with Gasteiger partial charge in [-0.2, -0.15) is 0 Å². The molecule has 1 aromatic heterocycles. The van der Waals surface area contributed by atoms with E-state index in [0.717, 1.165) is 0 Å². The van der Waals surface area contributed by atoms with Crippen LogP contribution in [0.4, 0.5) is 11.5 Å². The lowest BCUT2D eigenvalue weighted by Crippen LogP contribution is -2.15. The zero-order valence-corrected chi connectivity index (χ0v) is 13.6. The fourth-order valence-electron chi connectivity index (χ4n) is 1.57. The number of rotatable bonds is 3. The summed E-state index contributed by atoms with van der Waals surface area (Å²) in [6.07, 6.45) is 0. The van der Waals surface area contributed by atoms with Gasteiger partial charge in [-0.25, -0.2) is 13.4 Å².